The molecule has 0 heterocycles. The minimum absolute atomic E-state index is 0.000769. The highest BCUT2D eigenvalue weighted by molar-refractivity contribution is 6.13. The van der Waals surface area contributed by atoms with Crippen LogP contribution in [-0.4, -0.2) is 17.9 Å². The van der Waals surface area contributed by atoms with Gasteiger partial charge in [-0.2, -0.15) is 5.26 Å². The van der Waals surface area contributed by atoms with E-state index in [0.29, 0.717) is 24.1 Å². The van der Waals surface area contributed by atoms with Gasteiger partial charge in [0.25, 0.3) is 0 Å². The van der Waals surface area contributed by atoms with Gasteiger partial charge in [0.15, 0.2) is 0 Å². The van der Waals surface area contributed by atoms with Gasteiger partial charge < -0.3 is 10.6 Å². The van der Waals surface area contributed by atoms with E-state index in [1.54, 1.807) is 24.3 Å². The number of hydrogen-bond donors (Lipinski definition) is 2. The fourth-order valence-corrected chi connectivity index (χ4v) is 2.01. The first-order valence-corrected chi connectivity index (χ1v) is 6.61. The van der Waals surface area contributed by atoms with Crippen molar-refractivity contribution >= 4 is 17.5 Å². The van der Waals surface area contributed by atoms with Crippen molar-refractivity contribution in [3.63, 3.8) is 0 Å². The zero-order valence-corrected chi connectivity index (χ0v) is 11.6. The monoisotopic (exact) mass is 271 g/mol. The number of nitrogens with one attached hydrogen (secondary N) is 2. The first kappa shape index (κ1) is 14.1. The fourth-order valence-electron chi connectivity index (χ4n) is 2.01. The topological polar surface area (TPSA) is 82.0 Å². The molecule has 1 aliphatic rings. The summed E-state index contributed by atoms with van der Waals surface area (Å²) in [6, 6.07) is 8.78. The smallest absolute Gasteiger partial charge is 0.240 e. The SMILES string of the molecule is CC(C)NC(=O)C1(C(=O)Nc2ccccc2C#N)CC1. The molecular formula is C15H17N3O2. The molecule has 2 rings (SSSR count). The summed E-state index contributed by atoms with van der Waals surface area (Å²) in [6.45, 7) is 3.72. The van der Waals surface area contributed by atoms with Crippen molar-refractivity contribution in [2.45, 2.75) is 32.7 Å². The first-order chi connectivity index (χ1) is 9.49. The van der Waals surface area contributed by atoms with Gasteiger partial charge in [0.1, 0.15) is 11.5 Å². The number of para-hydroxylation sites is 1. The van der Waals surface area contributed by atoms with E-state index < -0.39 is 5.41 Å². The molecule has 0 aromatic heterocycles. The summed E-state index contributed by atoms with van der Waals surface area (Å²) in [7, 11) is 0. The van der Waals surface area contributed by atoms with Crippen LogP contribution in [0.15, 0.2) is 24.3 Å². The summed E-state index contributed by atoms with van der Waals surface area (Å²) in [4.78, 5) is 24.4. The molecule has 1 aliphatic carbocycles. The van der Waals surface area contributed by atoms with E-state index in [-0.39, 0.29) is 17.9 Å². The van der Waals surface area contributed by atoms with Gasteiger partial charge >= 0.3 is 0 Å². The van der Waals surface area contributed by atoms with Crippen LogP contribution in [-0.2, 0) is 9.59 Å². The summed E-state index contributed by atoms with van der Waals surface area (Å²) < 4.78 is 0. The largest absolute Gasteiger partial charge is 0.353 e. The fraction of sp³-hybridized carbons (Fsp3) is 0.400. The number of benzene rings is 1. The van der Waals surface area contributed by atoms with E-state index in [2.05, 4.69) is 10.6 Å². The molecule has 2 amide bonds. The van der Waals surface area contributed by atoms with Crippen molar-refractivity contribution in [3.05, 3.63) is 29.8 Å². The van der Waals surface area contributed by atoms with Crippen LogP contribution in [0, 0.1) is 16.7 Å². The van der Waals surface area contributed by atoms with Crippen LogP contribution in [0.2, 0.25) is 0 Å². The molecule has 20 heavy (non-hydrogen) atoms. The number of carbonyl (C=O) groups is 2. The molecule has 0 aliphatic heterocycles. The Morgan fingerprint density at radius 3 is 2.45 bits per heavy atom. The van der Waals surface area contributed by atoms with Crippen molar-refractivity contribution in [2.24, 2.45) is 5.41 Å². The molecular weight excluding hydrogens is 254 g/mol. The van der Waals surface area contributed by atoms with Gasteiger partial charge in [0.05, 0.1) is 11.3 Å². The standard InChI is InChI=1S/C15H17N3O2/c1-10(2)17-13(19)15(7-8-15)14(20)18-12-6-4-3-5-11(12)9-16/h3-6,10H,7-8H2,1-2H3,(H,17,19)(H,18,20). The number of carbonyl (C=O) groups excluding carboxylic acids is 2. The molecule has 5 heteroatoms. The Morgan fingerprint density at radius 2 is 1.90 bits per heavy atom. The number of nitrogens with zero attached hydrogens (tertiary/aromatic N) is 1. The van der Waals surface area contributed by atoms with Crippen LogP contribution in [0.25, 0.3) is 0 Å². The molecule has 1 saturated carbocycles. The molecule has 1 fully saturated rings. The second-order valence-corrected chi connectivity index (χ2v) is 5.32. The number of nitriles is 1. The van der Waals surface area contributed by atoms with Gasteiger partial charge in [0, 0.05) is 6.04 Å². The third-order valence-corrected chi connectivity index (χ3v) is 3.33. The van der Waals surface area contributed by atoms with Gasteiger partial charge in [-0.25, -0.2) is 0 Å². The average molecular weight is 271 g/mol. The lowest BCUT2D eigenvalue weighted by Crippen LogP contribution is -2.42. The molecule has 5 nitrogen and oxygen atoms in total. The van der Waals surface area contributed by atoms with Crippen molar-refractivity contribution < 1.29 is 9.59 Å². The lowest BCUT2D eigenvalue weighted by Gasteiger charge is -2.17. The predicted molar refractivity (Wildman–Crippen MR) is 74.7 cm³/mol. The Balaban J connectivity index is 2.13. The van der Waals surface area contributed by atoms with E-state index in [0.717, 1.165) is 0 Å². The highest BCUT2D eigenvalue weighted by Crippen LogP contribution is 2.47. The first-order valence-electron chi connectivity index (χ1n) is 6.61. The quantitative estimate of drug-likeness (QED) is 0.819. The predicted octanol–water partition coefficient (Wildman–Crippen LogP) is 1.80. The number of rotatable bonds is 4. The molecule has 0 saturated heterocycles. The van der Waals surface area contributed by atoms with Gasteiger partial charge in [-0.15, -0.1) is 0 Å². The second kappa shape index (κ2) is 5.33. The zero-order chi connectivity index (χ0) is 14.8. The van der Waals surface area contributed by atoms with Gasteiger partial charge in [-0.1, -0.05) is 12.1 Å². The van der Waals surface area contributed by atoms with E-state index in [9.17, 15) is 9.59 Å². The molecule has 2 N–H and O–H groups in total. The Labute approximate surface area is 118 Å². The normalized spacial score (nSPS) is 15.3. The van der Waals surface area contributed by atoms with E-state index in [1.165, 1.54) is 0 Å². The molecule has 0 bridgehead atoms. The molecule has 1 aromatic carbocycles. The Morgan fingerprint density at radius 1 is 1.25 bits per heavy atom. The van der Waals surface area contributed by atoms with Gasteiger partial charge in [0.2, 0.25) is 11.8 Å². The van der Waals surface area contributed by atoms with Crippen LogP contribution in [0.4, 0.5) is 5.69 Å². The Kier molecular flexibility index (Phi) is 3.75. The minimum Gasteiger partial charge on any atom is -0.353 e. The van der Waals surface area contributed by atoms with Crippen LogP contribution >= 0.6 is 0 Å². The lowest BCUT2D eigenvalue weighted by atomic mass is 10.0. The number of hydrogen-bond acceptors (Lipinski definition) is 3. The Hall–Kier alpha value is -2.35. The molecule has 104 valence electrons. The van der Waals surface area contributed by atoms with E-state index in [1.807, 2.05) is 19.9 Å². The van der Waals surface area contributed by atoms with Crippen LogP contribution in [0.1, 0.15) is 32.3 Å². The third kappa shape index (κ3) is 2.64. The number of anilines is 1. The average Bonchev–Trinajstić information content (AvgIpc) is 3.20. The maximum atomic E-state index is 12.3. The molecule has 0 spiro atoms. The Bertz CT molecular complexity index is 583. The van der Waals surface area contributed by atoms with E-state index in [4.69, 9.17) is 5.26 Å². The van der Waals surface area contributed by atoms with E-state index >= 15 is 0 Å². The van der Waals surface area contributed by atoms with Crippen molar-refractivity contribution in [3.8, 4) is 6.07 Å². The van der Waals surface area contributed by atoms with Gasteiger partial charge in [-0.05, 0) is 38.8 Å². The van der Waals surface area contributed by atoms with Crippen molar-refractivity contribution in [2.75, 3.05) is 5.32 Å². The minimum atomic E-state index is -0.965. The highest BCUT2D eigenvalue weighted by Gasteiger charge is 2.56. The molecule has 0 atom stereocenters. The second-order valence-electron chi connectivity index (χ2n) is 5.32. The van der Waals surface area contributed by atoms with Crippen molar-refractivity contribution in [1.82, 2.24) is 5.32 Å². The molecule has 0 radical (unpaired) electrons. The maximum Gasteiger partial charge on any atom is 0.240 e. The zero-order valence-electron chi connectivity index (χ0n) is 11.6. The summed E-state index contributed by atoms with van der Waals surface area (Å²) in [6.07, 6.45) is 1.10. The third-order valence-electron chi connectivity index (χ3n) is 3.33. The van der Waals surface area contributed by atoms with Crippen LogP contribution in [0.3, 0.4) is 0 Å². The number of amides is 2. The summed E-state index contributed by atoms with van der Waals surface area (Å²) in [5, 5.41) is 14.5. The highest BCUT2D eigenvalue weighted by atomic mass is 16.2. The van der Waals surface area contributed by atoms with Crippen LogP contribution in [0.5, 0.6) is 0 Å². The summed E-state index contributed by atoms with van der Waals surface area (Å²) in [5.74, 6) is -0.571. The lowest BCUT2D eigenvalue weighted by molar-refractivity contribution is -0.134. The summed E-state index contributed by atoms with van der Waals surface area (Å²) in [5.41, 5.74) is -0.128. The van der Waals surface area contributed by atoms with Gasteiger partial charge in [-0.3, -0.25) is 9.59 Å². The summed E-state index contributed by atoms with van der Waals surface area (Å²) >= 11 is 0. The van der Waals surface area contributed by atoms with Crippen LogP contribution < -0.4 is 10.6 Å². The van der Waals surface area contributed by atoms with Crippen molar-refractivity contribution in [1.29, 1.82) is 5.26 Å². The molecule has 1 aromatic rings. The molecule has 0 unspecified atom stereocenters. The maximum absolute atomic E-state index is 12.3.